The van der Waals surface area contributed by atoms with Crippen LogP contribution >= 0.6 is 11.6 Å². The second kappa shape index (κ2) is 9.39. The molecule has 0 aromatic heterocycles. The predicted molar refractivity (Wildman–Crippen MR) is 105 cm³/mol. The van der Waals surface area contributed by atoms with Gasteiger partial charge in [0, 0.05) is 24.2 Å². The van der Waals surface area contributed by atoms with E-state index < -0.39 is 6.04 Å². The molecule has 0 bridgehead atoms. The van der Waals surface area contributed by atoms with Crippen molar-refractivity contribution in [1.29, 1.82) is 0 Å². The Morgan fingerprint density at radius 1 is 1.04 bits per heavy atom. The summed E-state index contributed by atoms with van der Waals surface area (Å²) in [6.45, 7) is 4.57. The minimum Gasteiger partial charge on any atom is -0.340 e. The van der Waals surface area contributed by atoms with Crippen molar-refractivity contribution in [2.45, 2.75) is 32.9 Å². The van der Waals surface area contributed by atoms with Crippen LogP contribution in [-0.2, 0) is 11.3 Å². The van der Waals surface area contributed by atoms with Gasteiger partial charge in [-0.25, -0.2) is 0 Å². The molecule has 2 aromatic carbocycles. The zero-order valence-corrected chi connectivity index (χ0v) is 16.2. The molecule has 0 radical (unpaired) electrons. The highest BCUT2D eigenvalue weighted by Crippen LogP contribution is 2.13. The molecule has 0 heterocycles. The van der Waals surface area contributed by atoms with Crippen molar-refractivity contribution in [3.63, 3.8) is 0 Å². The van der Waals surface area contributed by atoms with Gasteiger partial charge in [0.1, 0.15) is 6.04 Å². The van der Waals surface area contributed by atoms with E-state index in [0.717, 1.165) is 5.56 Å². The summed E-state index contributed by atoms with van der Waals surface area (Å²) in [6.07, 6.45) is 0.581. The highest BCUT2D eigenvalue weighted by Gasteiger charge is 2.25. The molecule has 2 aromatic rings. The third-order valence-corrected chi connectivity index (χ3v) is 4.31. The Morgan fingerprint density at radius 3 is 2.23 bits per heavy atom. The van der Waals surface area contributed by atoms with Gasteiger partial charge in [0.2, 0.25) is 5.91 Å². The average Bonchev–Trinajstić information content (AvgIpc) is 2.61. The van der Waals surface area contributed by atoms with Gasteiger partial charge in [-0.05, 0) is 42.2 Å². The van der Waals surface area contributed by atoms with Crippen molar-refractivity contribution < 1.29 is 9.59 Å². The van der Waals surface area contributed by atoms with Crippen LogP contribution in [0.1, 0.15) is 36.2 Å². The van der Waals surface area contributed by atoms with E-state index in [2.05, 4.69) is 5.32 Å². The second-order valence-electron chi connectivity index (χ2n) is 6.84. The molecule has 26 heavy (non-hydrogen) atoms. The number of nitrogens with zero attached hydrogens (tertiary/aromatic N) is 1. The van der Waals surface area contributed by atoms with Crippen molar-refractivity contribution in [2.75, 3.05) is 7.05 Å². The van der Waals surface area contributed by atoms with Gasteiger partial charge in [0.15, 0.2) is 0 Å². The van der Waals surface area contributed by atoms with Crippen molar-refractivity contribution in [1.82, 2.24) is 10.2 Å². The molecule has 0 saturated heterocycles. The third kappa shape index (κ3) is 5.88. The smallest absolute Gasteiger partial charge is 0.251 e. The lowest BCUT2D eigenvalue weighted by Crippen LogP contribution is -2.47. The van der Waals surface area contributed by atoms with Crippen molar-refractivity contribution in [3.05, 3.63) is 70.7 Å². The first-order valence-corrected chi connectivity index (χ1v) is 9.10. The molecule has 1 atom stereocenters. The van der Waals surface area contributed by atoms with E-state index in [1.807, 2.05) is 44.2 Å². The maximum atomic E-state index is 12.9. The van der Waals surface area contributed by atoms with Gasteiger partial charge >= 0.3 is 0 Å². The average molecular weight is 373 g/mol. The number of amides is 2. The summed E-state index contributed by atoms with van der Waals surface area (Å²) in [4.78, 5) is 27.1. The molecule has 0 fully saturated rings. The van der Waals surface area contributed by atoms with E-state index in [-0.39, 0.29) is 17.7 Å². The molecule has 0 aliphatic carbocycles. The van der Waals surface area contributed by atoms with E-state index in [4.69, 9.17) is 11.6 Å². The minimum absolute atomic E-state index is 0.0927. The zero-order valence-electron chi connectivity index (χ0n) is 15.4. The van der Waals surface area contributed by atoms with Crippen LogP contribution in [-0.4, -0.2) is 29.8 Å². The van der Waals surface area contributed by atoms with E-state index >= 15 is 0 Å². The van der Waals surface area contributed by atoms with Crippen LogP contribution in [0.15, 0.2) is 54.6 Å². The number of benzene rings is 2. The van der Waals surface area contributed by atoms with Crippen LogP contribution in [0.4, 0.5) is 0 Å². The molecule has 0 spiro atoms. The van der Waals surface area contributed by atoms with Gasteiger partial charge in [0.25, 0.3) is 5.91 Å². The quantitative estimate of drug-likeness (QED) is 0.793. The van der Waals surface area contributed by atoms with Crippen LogP contribution in [0.25, 0.3) is 0 Å². The van der Waals surface area contributed by atoms with Crippen molar-refractivity contribution >= 4 is 23.4 Å². The van der Waals surface area contributed by atoms with E-state index in [9.17, 15) is 9.59 Å². The predicted octanol–water partition coefficient (Wildman–Crippen LogP) is 4.14. The monoisotopic (exact) mass is 372 g/mol. The maximum Gasteiger partial charge on any atom is 0.251 e. The summed E-state index contributed by atoms with van der Waals surface area (Å²) >= 11 is 5.87. The number of likely N-dealkylation sites (N-methyl/N-ethyl adjacent to an activating group) is 1. The first-order chi connectivity index (χ1) is 12.4. The molecular weight excluding hydrogens is 348 g/mol. The first kappa shape index (κ1) is 20.0. The first-order valence-electron chi connectivity index (χ1n) is 8.72. The summed E-state index contributed by atoms with van der Waals surface area (Å²) in [7, 11) is 1.76. The summed E-state index contributed by atoms with van der Waals surface area (Å²) in [5.41, 5.74) is 1.54. The second-order valence-corrected chi connectivity index (χ2v) is 7.28. The lowest BCUT2D eigenvalue weighted by molar-refractivity contribution is -0.132. The Morgan fingerprint density at radius 2 is 1.65 bits per heavy atom. The minimum atomic E-state index is -0.563. The Kier molecular flexibility index (Phi) is 7.22. The Labute approximate surface area is 160 Å². The highest BCUT2D eigenvalue weighted by atomic mass is 35.5. The number of rotatable bonds is 7. The van der Waals surface area contributed by atoms with Gasteiger partial charge < -0.3 is 10.2 Å². The SMILES string of the molecule is CC(C)CC(NC(=O)c1ccc(Cl)cc1)C(=O)N(C)Cc1ccccc1. The van der Waals surface area contributed by atoms with Gasteiger partial charge in [-0.1, -0.05) is 55.8 Å². The molecule has 1 unspecified atom stereocenters. The van der Waals surface area contributed by atoms with Crippen LogP contribution in [0.3, 0.4) is 0 Å². The van der Waals surface area contributed by atoms with Gasteiger partial charge in [-0.15, -0.1) is 0 Å². The molecule has 0 aliphatic heterocycles. The number of hydrogen-bond acceptors (Lipinski definition) is 2. The number of hydrogen-bond donors (Lipinski definition) is 1. The van der Waals surface area contributed by atoms with Crippen molar-refractivity contribution in [3.8, 4) is 0 Å². The maximum absolute atomic E-state index is 12.9. The van der Waals surface area contributed by atoms with Gasteiger partial charge in [-0.2, -0.15) is 0 Å². The van der Waals surface area contributed by atoms with E-state index in [1.54, 1.807) is 36.2 Å². The summed E-state index contributed by atoms with van der Waals surface area (Å²) in [6, 6.07) is 15.9. The van der Waals surface area contributed by atoms with Crippen LogP contribution in [0.5, 0.6) is 0 Å². The molecule has 0 saturated carbocycles. The van der Waals surface area contributed by atoms with Gasteiger partial charge in [0.05, 0.1) is 0 Å². The zero-order chi connectivity index (χ0) is 19.1. The molecule has 1 N–H and O–H groups in total. The fraction of sp³-hybridized carbons (Fsp3) is 0.333. The number of carbonyl (C=O) groups excluding carboxylic acids is 2. The molecule has 138 valence electrons. The Balaban J connectivity index is 2.08. The van der Waals surface area contributed by atoms with E-state index in [0.29, 0.717) is 23.6 Å². The summed E-state index contributed by atoms with van der Waals surface area (Å²) < 4.78 is 0. The van der Waals surface area contributed by atoms with Gasteiger partial charge in [-0.3, -0.25) is 9.59 Å². The molecule has 5 heteroatoms. The third-order valence-electron chi connectivity index (χ3n) is 4.06. The molecule has 2 rings (SSSR count). The number of carbonyl (C=O) groups is 2. The molecule has 2 amide bonds. The lowest BCUT2D eigenvalue weighted by atomic mass is 10.0. The summed E-state index contributed by atoms with van der Waals surface area (Å²) in [5.74, 6) is -0.0850. The summed E-state index contributed by atoms with van der Waals surface area (Å²) in [5, 5.41) is 3.45. The Hall–Kier alpha value is -2.33. The molecule has 0 aliphatic rings. The lowest BCUT2D eigenvalue weighted by Gasteiger charge is -2.26. The largest absolute Gasteiger partial charge is 0.340 e. The topological polar surface area (TPSA) is 49.4 Å². The van der Waals surface area contributed by atoms with Crippen LogP contribution in [0, 0.1) is 5.92 Å². The number of nitrogens with one attached hydrogen (secondary N) is 1. The Bertz CT molecular complexity index is 729. The fourth-order valence-electron chi connectivity index (χ4n) is 2.74. The molecule has 4 nitrogen and oxygen atoms in total. The normalized spacial score (nSPS) is 11.9. The van der Waals surface area contributed by atoms with E-state index in [1.165, 1.54) is 0 Å². The standard InChI is InChI=1S/C21H25ClN2O2/c1-15(2)13-19(23-20(25)17-9-11-18(22)12-10-17)21(26)24(3)14-16-7-5-4-6-8-16/h4-12,15,19H,13-14H2,1-3H3,(H,23,25). The van der Waals surface area contributed by atoms with Crippen LogP contribution in [0.2, 0.25) is 5.02 Å². The van der Waals surface area contributed by atoms with Crippen molar-refractivity contribution in [2.24, 2.45) is 5.92 Å². The van der Waals surface area contributed by atoms with Crippen LogP contribution < -0.4 is 5.32 Å². The fourth-order valence-corrected chi connectivity index (χ4v) is 2.86. The highest BCUT2D eigenvalue weighted by molar-refractivity contribution is 6.30. The molecular formula is C21H25ClN2O2. The number of halogens is 1.